The first-order valence-electron chi connectivity index (χ1n) is 8.72. The van der Waals surface area contributed by atoms with Gasteiger partial charge in [0.05, 0.1) is 15.5 Å². The minimum atomic E-state index is -0.289. The number of benzene rings is 2. The molecule has 28 heavy (non-hydrogen) atoms. The monoisotopic (exact) mass is 407 g/mol. The molecule has 0 unspecified atom stereocenters. The Morgan fingerprint density at radius 1 is 1.04 bits per heavy atom. The number of hydrogen-bond acceptors (Lipinski definition) is 7. The summed E-state index contributed by atoms with van der Waals surface area (Å²) >= 11 is 2.89. The summed E-state index contributed by atoms with van der Waals surface area (Å²) in [5.74, 6) is -0.124. The molecule has 0 spiro atoms. The van der Waals surface area contributed by atoms with E-state index in [1.165, 1.54) is 11.8 Å². The topological polar surface area (TPSA) is 65.0 Å². The van der Waals surface area contributed by atoms with Crippen molar-refractivity contribution in [2.75, 3.05) is 5.75 Å². The van der Waals surface area contributed by atoms with Crippen LogP contribution in [0.15, 0.2) is 65.7 Å². The normalized spacial score (nSPS) is 10.9. The molecule has 5 nitrogen and oxygen atoms in total. The van der Waals surface area contributed by atoms with Gasteiger partial charge in [0, 0.05) is 5.56 Å². The Kier molecular flexibility index (Phi) is 5.64. The fourth-order valence-corrected chi connectivity index (χ4v) is 4.42. The zero-order chi connectivity index (χ0) is 19.3. The maximum Gasteiger partial charge on any atom is 0.316 e. The third kappa shape index (κ3) is 4.21. The summed E-state index contributed by atoms with van der Waals surface area (Å²) in [7, 11) is 0. The number of rotatable bonds is 6. The van der Waals surface area contributed by atoms with Gasteiger partial charge in [-0.2, -0.15) is 0 Å². The lowest BCUT2D eigenvalue weighted by Crippen LogP contribution is -2.07. The number of fused-ring (bicyclic) bond motifs is 1. The van der Waals surface area contributed by atoms with Crippen LogP contribution in [0.2, 0.25) is 0 Å². The predicted molar refractivity (Wildman–Crippen MR) is 112 cm³/mol. The van der Waals surface area contributed by atoms with E-state index >= 15 is 0 Å². The highest BCUT2D eigenvalue weighted by atomic mass is 32.2. The molecule has 2 heterocycles. The highest BCUT2D eigenvalue weighted by Gasteiger charge is 2.17. The Balaban J connectivity index is 1.49. The number of ether oxygens (including phenoxy) is 1. The summed E-state index contributed by atoms with van der Waals surface area (Å²) in [6.07, 6.45) is 0. The molecule has 0 aliphatic heterocycles. The second-order valence-corrected chi connectivity index (χ2v) is 8.23. The molecule has 2 aromatic heterocycles. The minimum Gasteiger partial charge on any atom is -0.460 e. The fourth-order valence-electron chi connectivity index (χ4n) is 2.71. The van der Waals surface area contributed by atoms with Crippen molar-refractivity contribution < 1.29 is 9.53 Å². The molecular formula is C21H17N3O2S2. The van der Waals surface area contributed by atoms with Crippen LogP contribution in [0, 0.1) is 6.92 Å². The first kappa shape index (κ1) is 18.6. The van der Waals surface area contributed by atoms with Gasteiger partial charge in [-0.15, -0.1) is 21.5 Å². The van der Waals surface area contributed by atoms with Crippen LogP contribution in [0.25, 0.3) is 21.5 Å². The molecule has 140 valence electrons. The Morgan fingerprint density at radius 3 is 2.50 bits per heavy atom. The van der Waals surface area contributed by atoms with Crippen molar-refractivity contribution >= 4 is 39.3 Å². The van der Waals surface area contributed by atoms with Crippen LogP contribution in [-0.2, 0) is 16.1 Å². The van der Waals surface area contributed by atoms with Crippen LogP contribution in [0.4, 0.5) is 0 Å². The quantitative estimate of drug-likeness (QED) is 0.335. The van der Waals surface area contributed by atoms with E-state index in [-0.39, 0.29) is 18.3 Å². The van der Waals surface area contributed by atoms with Crippen LogP contribution >= 0.6 is 23.1 Å². The van der Waals surface area contributed by atoms with Gasteiger partial charge in [-0.05, 0) is 12.5 Å². The van der Waals surface area contributed by atoms with Crippen LogP contribution in [0.5, 0.6) is 0 Å². The molecule has 0 bridgehead atoms. The summed E-state index contributed by atoms with van der Waals surface area (Å²) in [6, 6.07) is 19.6. The summed E-state index contributed by atoms with van der Waals surface area (Å²) in [5, 5.41) is 10.3. The molecule has 4 aromatic rings. The molecule has 4 rings (SSSR count). The van der Waals surface area contributed by atoms with Crippen molar-refractivity contribution in [1.82, 2.24) is 15.2 Å². The predicted octanol–water partition coefficient (Wildman–Crippen LogP) is 4.90. The lowest BCUT2D eigenvalue weighted by atomic mass is 10.1. The Bertz CT molecular complexity index is 1100. The molecule has 0 aliphatic rings. The van der Waals surface area contributed by atoms with Gasteiger partial charge >= 0.3 is 5.97 Å². The number of thiazole rings is 1. The zero-order valence-corrected chi connectivity index (χ0v) is 16.8. The smallest absolute Gasteiger partial charge is 0.316 e. The molecule has 2 aromatic carbocycles. The molecule has 0 atom stereocenters. The number of carbonyl (C=O) groups is 1. The van der Waals surface area contributed by atoms with Crippen molar-refractivity contribution in [2.24, 2.45) is 0 Å². The molecule has 7 heteroatoms. The molecule has 0 N–H and O–H groups in total. The summed E-state index contributed by atoms with van der Waals surface area (Å²) in [6.45, 7) is 2.23. The Hall–Kier alpha value is -2.77. The number of carbonyl (C=O) groups excluding carboxylic acids is 1. The van der Waals surface area contributed by atoms with Crippen molar-refractivity contribution in [2.45, 2.75) is 18.6 Å². The molecule has 0 amide bonds. The van der Waals surface area contributed by atoms with Crippen molar-refractivity contribution in [1.29, 1.82) is 0 Å². The van der Waals surface area contributed by atoms with Gasteiger partial charge in [-0.3, -0.25) is 4.79 Å². The van der Waals surface area contributed by atoms with E-state index in [2.05, 4.69) is 15.2 Å². The highest BCUT2D eigenvalue weighted by Crippen LogP contribution is 2.35. The number of aryl methyl sites for hydroxylation is 1. The van der Waals surface area contributed by atoms with Gasteiger partial charge < -0.3 is 4.74 Å². The van der Waals surface area contributed by atoms with Gasteiger partial charge in [-0.25, -0.2) is 4.98 Å². The second kappa shape index (κ2) is 8.50. The number of thioether (sulfide) groups is 1. The zero-order valence-electron chi connectivity index (χ0n) is 15.2. The first-order chi connectivity index (χ1) is 13.7. The number of aromatic nitrogens is 3. The number of hydrogen-bond donors (Lipinski definition) is 0. The van der Waals surface area contributed by atoms with Gasteiger partial charge in [0.15, 0.2) is 0 Å². The van der Waals surface area contributed by atoms with E-state index < -0.39 is 0 Å². The van der Waals surface area contributed by atoms with Crippen molar-refractivity contribution in [3.05, 3.63) is 71.2 Å². The molecule has 0 radical (unpaired) electrons. The molecule has 0 aliphatic carbocycles. The SMILES string of the molecule is Cc1nc2c(SCC(=O)OCc3ccccc3)nnc(-c3ccccc3)c2s1. The van der Waals surface area contributed by atoms with Gasteiger partial charge in [0.25, 0.3) is 0 Å². The van der Waals surface area contributed by atoms with Crippen LogP contribution < -0.4 is 0 Å². The lowest BCUT2D eigenvalue weighted by Gasteiger charge is -2.06. The highest BCUT2D eigenvalue weighted by molar-refractivity contribution is 8.00. The molecular weight excluding hydrogens is 390 g/mol. The Labute approximate surface area is 170 Å². The van der Waals surface area contributed by atoms with Gasteiger partial charge in [0.2, 0.25) is 0 Å². The van der Waals surface area contributed by atoms with Crippen molar-refractivity contribution in [3.63, 3.8) is 0 Å². The van der Waals surface area contributed by atoms with Crippen molar-refractivity contribution in [3.8, 4) is 11.3 Å². The maximum absolute atomic E-state index is 12.1. The molecule has 0 saturated heterocycles. The van der Waals surface area contributed by atoms with E-state index in [0.717, 1.165) is 32.0 Å². The summed E-state index contributed by atoms with van der Waals surface area (Å²) < 4.78 is 6.32. The van der Waals surface area contributed by atoms with E-state index in [4.69, 9.17) is 4.74 Å². The molecule has 0 saturated carbocycles. The van der Waals surface area contributed by atoms with Crippen LogP contribution in [0.3, 0.4) is 0 Å². The van der Waals surface area contributed by atoms with E-state index in [1.807, 2.05) is 67.6 Å². The third-order valence-electron chi connectivity index (χ3n) is 4.01. The number of nitrogens with zero attached hydrogens (tertiary/aromatic N) is 3. The van der Waals surface area contributed by atoms with E-state index in [9.17, 15) is 4.79 Å². The van der Waals surface area contributed by atoms with Gasteiger partial charge in [-0.1, -0.05) is 72.4 Å². The molecule has 0 fully saturated rings. The fraction of sp³-hybridized carbons (Fsp3) is 0.143. The average Bonchev–Trinajstić information content (AvgIpc) is 3.13. The number of esters is 1. The minimum absolute atomic E-state index is 0.165. The lowest BCUT2D eigenvalue weighted by molar-refractivity contribution is -0.141. The summed E-state index contributed by atoms with van der Waals surface area (Å²) in [4.78, 5) is 16.7. The largest absolute Gasteiger partial charge is 0.460 e. The van der Waals surface area contributed by atoms with Gasteiger partial charge in [0.1, 0.15) is 22.8 Å². The second-order valence-electron chi connectivity index (χ2n) is 6.07. The first-order valence-corrected chi connectivity index (χ1v) is 10.5. The average molecular weight is 408 g/mol. The third-order valence-corrected chi connectivity index (χ3v) is 5.92. The van der Waals surface area contributed by atoms with E-state index in [0.29, 0.717) is 5.03 Å². The van der Waals surface area contributed by atoms with E-state index in [1.54, 1.807) is 11.3 Å². The maximum atomic E-state index is 12.1. The van der Waals surface area contributed by atoms with Crippen LogP contribution in [0.1, 0.15) is 10.6 Å². The van der Waals surface area contributed by atoms with Crippen LogP contribution in [-0.4, -0.2) is 26.9 Å². The Morgan fingerprint density at radius 2 is 1.75 bits per heavy atom. The summed E-state index contributed by atoms with van der Waals surface area (Å²) in [5.41, 5.74) is 3.57. The standard InChI is InChI=1S/C21H17N3O2S2/c1-14-22-19-20(28-14)18(16-10-6-3-7-11-16)23-24-21(19)27-13-17(25)26-12-15-8-4-2-5-9-15/h2-11H,12-13H2,1H3.